The van der Waals surface area contributed by atoms with Crippen LogP contribution < -0.4 is 4.72 Å². The van der Waals surface area contributed by atoms with Gasteiger partial charge in [0.05, 0.1) is 16.5 Å². The van der Waals surface area contributed by atoms with Crippen LogP contribution in [0.2, 0.25) is 0 Å². The third-order valence-electron chi connectivity index (χ3n) is 4.50. The average Bonchev–Trinajstić information content (AvgIpc) is 2.61. The third-order valence-corrected chi connectivity index (χ3v) is 6.05. The SMILES string of the molecule is C[C@H](NS(=O)(=O)c1ccc(C#N)cc1)c1ccc2c(c1)CCCC2. The van der Waals surface area contributed by atoms with Gasteiger partial charge < -0.3 is 0 Å². The normalized spacial score (nSPS) is 15.3. The van der Waals surface area contributed by atoms with Crippen molar-refractivity contribution in [2.24, 2.45) is 0 Å². The number of nitrogens with one attached hydrogen (secondary N) is 1. The summed E-state index contributed by atoms with van der Waals surface area (Å²) in [7, 11) is -3.61. The third kappa shape index (κ3) is 3.50. The summed E-state index contributed by atoms with van der Waals surface area (Å²) < 4.78 is 27.7. The molecule has 0 radical (unpaired) electrons. The number of sulfonamides is 1. The highest BCUT2D eigenvalue weighted by molar-refractivity contribution is 7.89. The molecule has 1 aliphatic rings. The van der Waals surface area contributed by atoms with Gasteiger partial charge in [0.25, 0.3) is 0 Å². The van der Waals surface area contributed by atoms with E-state index in [1.165, 1.54) is 48.2 Å². The van der Waals surface area contributed by atoms with Gasteiger partial charge in [-0.1, -0.05) is 18.2 Å². The van der Waals surface area contributed by atoms with Gasteiger partial charge in [0.1, 0.15) is 0 Å². The lowest BCUT2D eigenvalue weighted by atomic mass is 9.89. The van der Waals surface area contributed by atoms with Crippen molar-refractivity contribution in [1.29, 1.82) is 5.26 Å². The topological polar surface area (TPSA) is 70.0 Å². The van der Waals surface area contributed by atoms with E-state index in [-0.39, 0.29) is 10.9 Å². The molecule has 0 bridgehead atoms. The van der Waals surface area contributed by atoms with E-state index in [4.69, 9.17) is 5.26 Å². The second kappa shape index (κ2) is 6.76. The Labute approximate surface area is 143 Å². The van der Waals surface area contributed by atoms with Crippen LogP contribution in [-0.4, -0.2) is 8.42 Å². The van der Waals surface area contributed by atoms with Gasteiger partial charge in [0.15, 0.2) is 0 Å². The molecule has 0 saturated heterocycles. The Morgan fingerprint density at radius 3 is 2.38 bits per heavy atom. The molecular weight excluding hydrogens is 320 g/mol. The molecule has 0 aromatic heterocycles. The van der Waals surface area contributed by atoms with E-state index in [0.29, 0.717) is 5.56 Å². The lowest BCUT2D eigenvalue weighted by molar-refractivity contribution is 0.566. The van der Waals surface area contributed by atoms with E-state index >= 15 is 0 Å². The van der Waals surface area contributed by atoms with Crippen LogP contribution in [-0.2, 0) is 22.9 Å². The van der Waals surface area contributed by atoms with Crippen molar-refractivity contribution in [2.45, 2.75) is 43.5 Å². The molecule has 24 heavy (non-hydrogen) atoms. The smallest absolute Gasteiger partial charge is 0.207 e. The fourth-order valence-corrected chi connectivity index (χ4v) is 4.33. The molecule has 1 aliphatic carbocycles. The molecule has 3 rings (SSSR count). The summed E-state index contributed by atoms with van der Waals surface area (Å²) in [6, 6.07) is 13.9. The van der Waals surface area contributed by atoms with E-state index in [1.54, 1.807) is 0 Å². The first-order valence-electron chi connectivity index (χ1n) is 8.14. The van der Waals surface area contributed by atoms with Crippen molar-refractivity contribution in [3.05, 3.63) is 64.7 Å². The number of hydrogen-bond donors (Lipinski definition) is 1. The highest BCUT2D eigenvalue weighted by Gasteiger charge is 2.19. The van der Waals surface area contributed by atoms with Crippen LogP contribution in [0.1, 0.15) is 48.1 Å². The Bertz CT molecular complexity index is 881. The fraction of sp³-hybridized carbons (Fsp3) is 0.316. The maximum atomic E-state index is 12.5. The van der Waals surface area contributed by atoms with Gasteiger partial charge in [0, 0.05) is 6.04 Å². The van der Waals surface area contributed by atoms with Crippen molar-refractivity contribution in [3.8, 4) is 6.07 Å². The van der Waals surface area contributed by atoms with Crippen molar-refractivity contribution in [2.75, 3.05) is 0 Å². The van der Waals surface area contributed by atoms with Crippen LogP contribution >= 0.6 is 0 Å². The molecule has 0 spiro atoms. The van der Waals surface area contributed by atoms with Crippen LogP contribution in [0.4, 0.5) is 0 Å². The summed E-state index contributed by atoms with van der Waals surface area (Å²) in [5, 5.41) is 8.81. The average molecular weight is 340 g/mol. The highest BCUT2D eigenvalue weighted by atomic mass is 32.2. The molecule has 124 valence electrons. The zero-order valence-corrected chi connectivity index (χ0v) is 14.4. The van der Waals surface area contributed by atoms with E-state index in [2.05, 4.69) is 16.9 Å². The van der Waals surface area contributed by atoms with Gasteiger partial charge in [-0.2, -0.15) is 5.26 Å². The van der Waals surface area contributed by atoms with Crippen LogP contribution in [0.25, 0.3) is 0 Å². The Hall–Kier alpha value is -2.16. The molecular formula is C19H20N2O2S. The van der Waals surface area contributed by atoms with Crippen molar-refractivity contribution in [1.82, 2.24) is 4.72 Å². The minimum atomic E-state index is -3.61. The number of benzene rings is 2. The second-order valence-electron chi connectivity index (χ2n) is 6.21. The first kappa shape index (κ1) is 16.7. The molecule has 0 fully saturated rings. The Kier molecular flexibility index (Phi) is 4.70. The molecule has 1 N–H and O–H groups in total. The van der Waals surface area contributed by atoms with Gasteiger partial charge in [-0.25, -0.2) is 13.1 Å². The van der Waals surface area contributed by atoms with Gasteiger partial charge in [-0.15, -0.1) is 0 Å². The maximum absolute atomic E-state index is 12.5. The summed E-state index contributed by atoms with van der Waals surface area (Å²) in [6.45, 7) is 1.85. The quantitative estimate of drug-likeness (QED) is 0.926. The standard InChI is InChI=1S/C19H20N2O2S/c1-14(17-9-8-16-4-2-3-5-18(16)12-17)21-24(22,23)19-10-6-15(13-20)7-11-19/h6-12,14,21H,2-5H2,1H3/t14-/m0/s1. The Morgan fingerprint density at radius 2 is 1.71 bits per heavy atom. The predicted octanol–water partition coefficient (Wildman–Crippen LogP) is 3.48. The van der Waals surface area contributed by atoms with E-state index in [0.717, 1.165) is 18.4 Å². The Morgan fingerprint density at radius 1 is 1.04 bits per heavy atom. The zero-order valence-electron chi connectivity index (χ0n) is 13.6. The van der Waals surface area contributed by atoms with Crippen LogP contribution in [0, 0.1) is 11.3 Å². The van der Waals surface area contributed by atoms with Crippen molar-refractivity contribution in [3.63, 3.8) is 0 Å². The largest absolute Gasteiger partial charge is 0.241 e. The summed E-state index contributed by atoms with van der Waals surface area (Å²) in [4.78, 5) is 0.173. The van der Waals surface area contributed by atoms with Gasteiger partial charge >= 0.3 is 0 Å². The monoisotopic (exact) mass is 340 g/mol. The van der Waals surface area contributed by atoms with Crippen molar-refractivity contribution < 1.29 is 8.42 Å². The van der Waals surface area contributed by atoms with Gasteiger partial charge in [-0.05, 0) is 73.6 Å². The summed E-state index contributed by atoms with van der Waals surface area (Å²) in [5.41, 5.74) is 4.14. The molecule has 5 heteroatoms. The van der Waals surface area contributed by atoms with Gasteiger partial charge in [-0.3, -0.25) is 0 Å². The molecule has 4 nitrogen and oxygen atoms in total. The minimum Gasteiger partial charge on any atom is -0.207 e. The molecule has 0 unspecified atom stereocenters. The zero-order chi connectivity index (χ0) is 17.2. The number of nitriles is 1. The van der Waals surface area contributed by atoms with E-state index in [1.807, 2.05) is 19.1 Å². The highest BCUT2D eigenvalue weighted by Crippen LogP contribution is 2.25. The summed E-state index contributed by atoms with van der Waals surface area (Å²) in [5.74, 6) is 0. The van der Waals surface area contributed by atoms with Crippen molar-refractivity contribution >= 4 is 10.0 Å². The lowest BCUT2D eigenvalue weighted by Gasteiger charge is -2.20. The van der Waals surface area contributed by atoms with Crippen LogP contribution in [0.3, 0.4) is 0 Å². The number of nitrogens with zero attached hydrogens (tertiary/aromatic N) is 1. The number of fused-ring (bicyclic) bond motifs is 1. The molecule has 0 aliphatic heterocycles. The molecule has 0 heterocycles. The Balaban J connectivity index is 1.80. The number of aryl methyl sites for hydroxylation is 2. The van der Waals surface area contributed by atoms with Crippen LogP contribution in [0.5, 0.6) is 0 Å². The number of rotatable bonds is 4. The number of hydrogen-bond acceptors (Lipinski definition) is 3. The van der Waals surface area contributed by atoms with E-state index in [9.17, 15) is 8.42 Å². The maximum Gasteiger partial charge on any atom is 0.241 e. The first-order valence-corrected chi connectivity index (χ1v) is 9.62. The second-order valence-corrected chi connectivity index (χ2v) is 7.93. The van der Waals surface area contributed by atoms with Crippen LogP contribution in [0.15, 0.2) is 47.4 Å². The molecule has 0 saturated carbocycles. The minimum absolute atomic E-state index is 0.173. The summed E-state index contributed by atoms with van der Waals surface area (Å²) in [6.07, 6.45) is 4.61. The molecule has 2 aromatic rings. The van der Waals surface area contributed by atoms with E-state index < -0.39 is 10.0 Å². The first-order chi connectivity index (χ1) is 11.5. The van der Waals surface area contributed by atoms with Gasteiger partial charge in [0.2, 0.25) is 10.0 Å². The molecule has 0 amide bonds. The lowest BCUT2D eigenvalue weighted by Crippen LogP contribution is -2.27. The molecule has 1 atom stereocenters. The molecule has 2 aromatic carbocycles. The summed E-state index contributed by atoms with van der Waals surface area (Å²) >= 11 is 0. The predicted molar refractivity (Wildman–Crippen MR) is 93.0 cm³/mol. The fourth-order valence-electron chi connectivity index (χ4n) is 3.10.